The molecule has 0 aliphatic carbocycles. The summed E-state index contributed by atoms with van der Waals surface area (Å²) in [6, 6.07) is 0. The van der Waals surface area contributed by atoms with Gasteiger partial charge >= 0.3 is 5.97 Å². The monoisotopic (exact) mass is 245 g/mol. The number of carbonyl (C=O) groups is 2. The first-order valence-electron chi connectivity index (χ1n) is 5.93. The quantitative estimate of drug-likeness (QED) is 0.774. The molecule has 4 nitrogen and oxygen atoms in total. The molecule has 4 heteroatoms. The molecule has 0 radical (unpaired) electrons. The lowest BCUT2D eigenvalue weighted by Crippen LogP contribution is -2.30. The highest BCUT2D eigenvalue weighted by Gasteiger charge is 2.25. The molecule has 102 valence electrons. The van der Waals surface area contributed by atoms with Crippen molar-refractivity contribution in [1.82, 2.24) is 0 Å². The molecule has 0 spiro atoms. The van der Waals surface area contributed by atoms with Crippen molar-refractivity contribution in [3.05, 3.63) is 0 Å². The zero-order chi connectivity index (χ0) is 14.3. The van der Waals surface area contributed by atoms with E-state index in [1.807, 2.05) is 41.5 Å². The Kier molecular flexibility index (Phi) is 7.86. The van der Waals surface area contributed by atoms with Crippen LogP contribution in [0.15, 0.2) is 0 Å². The predicted molar refractivity (Wildman–Crippen MR) is 69.4 cm³/mol. The minimum Gasteiger partial charge on any atom is -0.469 e. The molecule has 0 aliphatic rings. The van der Waals surface area contributed by atoms with Crippen molar-refractivity contribution < 1.29 is 14.3 Å². The van der Waals surface area contributed by atoms with Crippen molar-refractivity contribution in [1.29, 1.82) is 0 Å². The lowest BCUT2D eigenvalue weighted by Gasteiger charge is -2.17. The maximum Gasteiger partial charge on any atom is 0.311 e. The number of carbonyl (C=O) groups excluding carboxylic acids is 2. The molecule has 0 aromatic heterocycles. The fourth-order valence-electron chi connectivity index (χ4n) is 0.595. The largest absolute Gasteiger partial charge is 0.469 e. The molecule has 0 fully saturated rings. The SMILES string of the molecule is CCC(C)(C)C(=O)OC.CCC(C)(C)C(N)=O. The minimum absolute atomic E-state index is 0.134. The van der Waals surface area contributed by atoms with Crippen LogP contribution >= 0.6 is 0 Å². The Hall–Kier alpha value is -1.06. The standard InChI is InChI=1S/C7H14O2.C6H13NO/c1-5-7(2,3)6(8)9-4;1-4-6(2,3)5(7)8/h5H2,1-4H3;4H2,1-3H3,(H2,7,8). The van der Waals surface area contributed by atoms with E-state index in [4.69, 9.17) is 5.73 Å². The van der Waals surface area contributed by atoms with Crippen molar-refractivity contribution in [3.8, 4) is 0 Å². The number of hydrogen-bond acceptors (Lipinski definition) is 3. The molecule has 0 aromatic rings. The van der Waals surface area contributed by atoms with Gasteiger partial charge in [-0.1, -0.05) is 27.7 Å². The van der Waals surface area contributed by atoms with Gasteiger partial charge in [-0.3, -0.25) is 9.59 Å². The summed E-state index contributed by atoms with van der Waals surface area (Å²) in [5, 5.41) is 0. The van der Waals surface area contributed by atoms with Crippen LogP contribution in [0.1, 0.15) is 54.4 Å². The van der Waals surface area contributed by atoms with Gasteiger partial charge in [0.2, 0.25) is 5.91 Å². The number of methoxy groups -OCH3 is 1. The van der Waals surface area contributed by atoms with Crippen LogP contribution in [-0.4, -0.2) is 19.0 Å². The van der Waals surface area contributed by atoms with Gasteiger partial charge in [-0.25, -0.2) is 0 Å². The number of hydrogen-bond donors (Lipinski definition) is 1. The van der Waals surface area contributed by atoms with Gasteiger partial charge < -0.3 is 10.5 Å². The summed E-state index contributed by atoms with van der Waals surface area (Å²) in [5.41, 5.74) is 4.41. The summed E-state index contributed by atoms with van der Waals surface area (Å²) in [5.74, 6) is -0.356. The van der Waals surface area contributed by atoms with Crippen LogP contribution in [0.5, 0.6) is 0 Å². The first-order chi connectivity index (χ1) is 7.55. The Morgan fingerprint density at radius 2 is 1.35 bits per heavy atom. The molecule has 0 atom stereocenters. The van der Waals surface area contributed by atoms with Crippen molar-refractivity contribution in [2.24, 2.45) is 16.6 Å². The molecular formula is C13H27NO3. The maximum atomic E-state index is 10.8. The molecule has 2 N–H and O–H groups in total. The van der Waals surface area contributed by atoms with Gasteiger partial charge in [0.15, 0.2) is 0 Å². The van der Waals surface area contributed by atoms with Gasteiger partial charge in [-0.05, 0) is 26.7 Å². The zero-order valence-electron chi connectivity index (χ0n) is 12.2. The van der Waals surface area contributed by atoms with Crippen LogP contribution in [0, 0.1) is 10.8 Å². The van der Waals surface area contributed by atoms with Crippen molar-refractivity contribution in [2.75, 3.05) is 7.11 Å². The summed E-state index contributed by atoms with van der Waals surface area (Å²) in [7, 11) is 1.42. The lowest BCUT2D eigenvalue weighted by atomic mass is 9.90. The van der Waals surface area contributed by atoms with E-state index in [0.717, 1.165) is 12.8 Å². The second-order valence-electron chi connectivity index (χ2n) is 5.33. The molecule has 0 rings (SSSR count). The van der Waals surface area contributed by atoms with Crippen LogP contribution in [0.2, 0.25) is 0 Å². The third kappa shape index (κ3) is 6.97. The molecule has 0 aliphatic heterocycles. The summed E-state index contributed by atoms with van der Waals surface area (Å²) < 4.78 is 4.57. The fraction of sp³-hybridized carbons (Fsp3) is 0.846. The number of ether oxygens (including phenoxy) is 1. The average molecular weight is 245 g/mol. The first kappa shape index (κ1) is 18.3. The van der Waals surface area contributed by atoms with Crippen LogP contribution in [0.4, 0.5) is 0 Å². The smallest absolute Gasteiger partial charge is 0.311 e. The lowest BCUT2D eigenvalue weighted by molar-refractivity contribution is -0.150. The van der Waals surface area contributed by atoms with E-state index in [0.29, 0.717) is 0 Å². The van der Waals surface area contributed by atoms with Gasteiger partial charge in [0, 0.05) is 5.41 Å². The summed E-state index contributed by atoms with van der Waals surface area (Å²) >= 11 is 0. The Balaban J connectivity index is 0. The topological polar surface area (TPSA) is 69.4 Å². The molecular weight excluding hydrogens is 218 g/mol. The highest BCUT2D eigenvalue weighted by atomic mass is 16.5. The van der Waals surface area contributed by atoms with Gasteiger partial charge in [-0.2, -0.15) is 0 Å². The molecule has 0 bridgehead atoms. The van der Waals surface area contributed by atoms with Crippen molar-refractivity contribution >= 4 is 11.9 Å². The molecule has 0 heterocycles. The van der Waals surface area contributed by atoms with E-state index in [-0.39, 0.29) is 22.7 Å². The van der Waals surface area contributed by atoms with Crippen LogP contribution in [0.3, 0.4) is 0 Å². The highest BCUT2D eigenvalue weighted by Crippen LogP contribution is 2.20. The molecule has 0 saturated carbocycles. The van der Waals surface area contributed by atoms with E-state index in [2.05, 4.69) is 4.74 Å². The highest BCUT2D eigenvalue weighted by molar-refractivity contribution is 5.79. The average Bonchev–Trinajstić information content (AvgIpc) is 2.28. The van der Waals surface area contributed by atoms with E-state index in [1.54, 1.807) is 0 Å². The fourth-order valence-corrected chi connectivity index (χ4v) is 0.595. The number of primary amides is 1. The van der Waals surface area contributed by atoms with Gasteiger partial charge in [0.05, 0.1) is 12.5 Å². The third-order valence-corrected chi connectivity index (χ3v) is 3.17. The predicted octanol–water partition coefficient (Wildman–Crippen LogP) is 2.50. The number of amides is 1. The van der Waals surface area contributed by atoms with Crippen LogP contribution < -0.4 is 5.73 Å². The third-order valence-electron chi connectivity index (χ3n) is 3.17. The normalized spacial score (nSPS) is 11.2. The molecule has 0 aromatic carbocycles. The number of rotatable bonds is 4. The second-order valence-corrected chi connectivity index (χ2v) is 5.33. The van der Waals surface area contributed by atoms with E-state index in [9.17, 15) is 9.59 Å². The molecule has 1 amide bonds. The van der Waals surface area contributed by atoms with Crippen molar-refractivity contribution in [3.63, 3.8) is 0 Å². The molecule has 0 unspecified atom stereocenters. The Morgan fingerprint density at radius 3 is 1.41 bits per heavy atom. The number of nitrogens with two attached hydrogens (primary N) is 1. The molecule has 17 heavy (non-hydrogen) atoms. The summed E-state index contributed by atoms with van der Waals surface area (Å²) in [6.07, 6.45) is 1.63. The second kappa shape index (κ2) is 7.30. The Bertz CT molecular complexity index is 257. The van der Waals surface area contributed by atoms with Gasteiger partial charge in [0.1, 0.15) is 0 Å². The van der Waals surface area contributed by atoms with E-state index >= 15 is 0 Å². The zero-order valence-corrected chi connectivity index (χ0v) is 12.2. The molecule has 0 saturated heterocycles. The number of esters is 1. The first-order valence-corrected chi connectivity index (χ1v) is 5.93. The van der Waals surface area contributed by atoms with Gasteiger partial charge in [0.25, 0.3) is 0 Å². The minimum atomic E-state index is -0.319. The van der Waals surface area contributed by atoms with E-state index in [1.165, 1.54) is 7.11 Å². The van der Waals surface area contributed by atoms with Crippen LogP contribution in [0.25, 0.3) is 0 Å². The maximum absolute atomic E-state index is 10.8. The van der Waals surface area contributed by atoms with Crippen molar-refractivity contribution in [2.45, 2.75) is 54.4 Å². The Morgan fingerprint density at radius 1 is 1.00 bits per heavy atom. The summed E-state index contributed by atoms with van der Waals surface area (Å²) in [4.78, 5) is 21.3. The Labute approximate surface area is 105 Å². The van der Waals surface area contributed by atoms with Gasteiger partial charge in [-0.15, -0.1) is 0 Å². The van der Waals surface area contributed by atoms with Crippen LogP contribution in [-0.2, 0) is 14.3 Å². The van der Waals surface area contributed by atoms with E-state index < -0.39 is 0 Å². The summed E-state index contributed by atoms with van der Waals surface area (Å²) in [6.45, 7) is 11.4.